The fourth-order valence-corrected chi connectivity index (χ4v) is 1.03. The van der Waals surface area contributed by atoms with E-state index in [1.165, 1.54) is 6.07 Å². The van der Waals surface area contributed by atoms with Crippen molar-refractivity contribution in [1.29, 1.82) is 5.26 Å². The largest absolute Gasteiger partial charge is 0.291 e. The number of hydrogen-bond donors (Lipinski definition) is 0. The van der Waals surface area contributed by atoms with E-state index in [1.54, 1.807) is 0 Å². The molecule has 0 saturated heterocycles. The second kappa shape index (κ2) is 3.83. The van der Waals surface area contributed by atoms with Crippen molar-refractivity contribution in [1.82, 2.24) is 4.98 Å². The van der Waals surface area contributed by atoms with Gasteiger partial charge in [-0.1, -0.05) is 11.6 Å². The highest BCUT2D eigenvalue weighted by molar-refractivity contribution is 6.29. The second-order valence-electron chi connectivity index (χ2n) is 2.23. The van der Waals surface area contributed by atoms with E-state index in [2.05, 4.69) is 4.98 Å². The lowest BCUT2D eigenvalue weighted by atomic mass is 10.2. The monoisotopic (exact) mass is 197 g/mol. The first-order valence-electron chi connectivity index (χ1n) is 3.31. The molecule has 0 aliphatic rings. The van der Waals surface area contributed by atoms with Crippen LogP contribution in [-0.2, 0) is 6.42 Å². The van der Waals surface area contributed by atoms with Crippen LogP contribution in [0.4, 0.5) is 5.69 Å². The van der Waals surface area contributed by atoms with Crippen LogP contribution < -0.4 is 0 Å². The van der Waals surface area contributed by atoms with E-state index >= 15 is 0 Å². The van der Waals surface area contributed by atoms with Gasteiger partial charge in [-0.3, -0.25) is 10.1 Å². The SMILES string of the molecule is N#CCc1cc(Cl)ncc1[N+](=O)[O-]. The maximum absolute atomic E-state index is 10.4. The Morgan fingerprint density at radius 1 is 1.77 bits per heavy atom. The molecule has 0 atom stereocenters. The summed E-state index contributed by atoms with van der Waals surface area (Å²) in [6.07, 6.45) is 1.01. The topological polar surface area (TPSA) is 79.8 Å². The summed E-state index contributed by atoms with van der Waals surface area (Å²) in [4.78, 5) is 13.4. The van der Waals surface area contributed by atoms with Crippen LogP contribution in [0.15, 0.2) is 12.3 Å². The van der Waals surface area contributed by atoms with Gasteiger partial charge < -0.3 is 0 Å². The van der Waals surface area contributed by atoms with E-state index < -0.39 is 4.92 Å². The Morgan fingerprint density at radius 2 is 2.46 bits per heavy atom. The van der Waals surface area contributed by atoms with Crippen molar-refractivity contribution in [3.05, 3.63) is 33.1 Å². The van der Waals surface area contributed by atoms with Crippen LogP contribution >= 0.6 is 11.6 Å². The van der Waals surface area contributed by atoms with Gasteiger partial charge in [0.15, 0.2) is 0 Å². The van der Waals surface area contributed by atoms with Crippen LogP contribution in [0, 0.1) is 21.4 Å². The van der Waals surface area contributed by atoms with E-state index in [0.29, 0.717) is 0 Å². The third-order valence-electron chi connectivity index (χ3n) is 1.40. The number of aromatic nitrogens is 1. The van der Waals surface area contributed by atoms with Crippen molar-refractivity contribution in [2.24, 2.45) is 0 Å². The van der Waals surface area contributed by atoms with Crippen LogP contribution in [0.25, 0.3) is 0 Å². The predicted octanol–water partition coefficient (Wildman–Crippen LogP) is 1.71. The molecular weight excluding hydrogens is 194 g/mol. The second-order valence-corrected chi connectivity index (χ2v) is 2.61. The number of nitrogens with zero attached hydrogens (tertiary/aromatic N) is 3. The minimum atomic E-state index is -0.587. The molecule has 0 aliphatic heterocycles. The van der Waals surface area contributed by atoms with E-state index in [1.807, 2.05) is 6.07 Å². The van der Waals surface area contributed by atoms with Crippen LogP contribution in [0.2, 0.25) is 5.15 Å². The Hall–Kier alpha value is -1.67. The van der Waals surface area contributed by atoms with Gasteiger partial charge in [-0.15, -0.1) is 0 Å². The smallest absolute Gasteiger partial charge is 0.258 e. The van der Waals surface area contributed by atoms with Gasteiger partial charge in [0.05, 0.1) is 17.4 Å². The molecule has 66 valence electrons. The van der Waals surface area contributed by atoms with Crippen LogP contribution in [0.5, 0.6) is 0 Å². The lowest BCUT2D eigenvalue weighted by Crippen LogP contribution is -1.95. The fourth-order valence-electron chi connectivity index (χ4n) is 0.852. The van der Waals surface area contributed by atoms with Crippen molar-refractivity contribution in [3.8, 4) is 6.07 Å². The molecule has 0 radical (unpaired) electrons. The van der Waals surface area contributed by atoms with Crippen LogP contribution in [0.1, 0.15) is 5.56 Å². The summed E-state index contributed by atoms with van der Waals surface area (Å²) in [6.45, 7) is 0. The molecule has 1 aromatic heterocycles. The zero-order valence-corrected chi connectivity index (χ0v) is 7.15. The first-order valence-corrected chi connectivity index (χ1v) is 3.68. The predicted molar refractivity (Wildman–Crippen MR) is 45.2 cm³/mol. The Kier molecular flexibility index (Phi) is 2.77. The van der Waals surface area contributed by atoms with Gasteiger partial charge >= 0.3 is 0 Å². The normalized spacial score (nSPS) is 9.23. The van der Waals surface area contributed by atoms with Gasteiger partial charge in [0.25, 0.3) is 5.69 Å². The molecule has 1 rings (SSSR count). The molecule has 0 amide bonds. The number of nitriles is 1. The standard InChI is InChI=1S/C7H4ClN3O2/c8-7-3-5(1-2-9)6(4-10-7)11(12)13/h3-4H,1H2. The van der Waals surface area contributed by atoms with Crippen molar-refractivity contribution in [2.75, 3.05) is 0 Å². The summed E-state index contributed by atoms with van der Waals surface area (Å²) in [5.41, 5.74) is 0.110. The number of hydrogen-bond acceptors (Lipinski definition) is 4. The molecule has 0 fully saturated rings. The molecule has 0 aliphatic carbocycles. The highest BCUT2D eigenvalue weighted by Gasteiger charge is 2.13. The first-order chi connectivity index (χ1) is 6.15. The van der Waals surface area contributed by atoms with E-state index in [9.17, 15) is 10.1 Å². The van der Waals surface area contributed by atoms with E-state index in [-0.39, 0.29) is 22.8 Å². The van der Waals surface area contributed by atoms with E-state index in [0.717, 1.165) is 6.20 Å². The summed E-state index contributed by atoms with van der Waals surface area (Å²) < 4.78 is 0. The molecule has 0 aromatic carbocycles. The van der Waals surface area contributed by atoms with Crippen molar-refractivity contribution in [3.63, 3.8) is 0 Å². The molecular formula is C7H4ClN3O2. The van der Waals surface area contributed by atoms with Gasteiger partial charge in [-0.2, -0.15) is 5.26 Å². The summed E-state index contributed by atoms with van der Waals surface area (Å²) in [5, 5.41) is 19.0. The zero-order valence-electron chi connectivity index (χ0n) is 6.40. The van der Waals surface area contributed by atoms with Gasteiger partial charge in [0, 0.05) is 5.56 Å². The van der Waals surface area contributed by atoms with Gasteiger partial charge in [0.2, 0.25) is 0 Å². The summed E-state index contributed by atoms with van der Waals surface area (Å²) in [6, 6.07) is 3.14. The van der Waals surface area contributed by atoms with Crippen molar-refractivity contribution in [2.45, 2.75) is 6.42 Å². The Morgan fingerprint density at radius 3 is 3.00 bits per heavy atom. The first kappa shape index (κ1) is 9.42. The molecule has 0 unspecified atom stereocenters. The third kappa shape index (κ3) is 2.13. The molecule has 0 bridgehead atoms. The van der Waals surface area contributed by atoms with Crippen LogP contribution in [0.3, 0.4) is 0 Å². The van der Waals surface area contributed by atoms with Gasteiger partial charge in [0.1, 0.15) is 11.3 Å². The maximum Gasteiger partial charge on any atom is 0.291 e. The summed E-state index contributed by atoms with van der Waals surface area (Å²) in [5.74, 6) is 0. The van der Waals surface area contributed by atoms with Crippen molar-refractivity contribution >= 4 is 17.3 Å². The molecule has 0 saturated carbocycles. The Balaban J connectivity index is 3.20. The molecule has 13 heavy (non-hydrogen) atoms. The highest BCUT2D eigenvalue weighted by atomic mass is 35.5. The van der Waals surface area contributed by atoms with Gasteiger partial charge in [-0.05, 0) is 6.07 Å². The number of rotatable bonds is 2. The van der Waals surface area contributed by atoms with E-state index in [4.69, 9.17) is 16.9 Å². The average molecular weight is 198 g/mol. The molecule has 6 heteroatoms. The molecule has 1 heterocycles. The van der Waals surface area contributed by atoms with Gasteiger partial charge in [-0.25, -0.2) is 4.98 Å². The number of nitro groups is 1. The zero-order chi connectivity index (χ0) is 9.84. The average Bonchev–Trinajstić information content (AvgIpc) is 2.04. The minimum Gasteiger partial charge on any atom is -0.258 e. The molecule has 0 N–H and O–H groups in total. The maximum atomic E-state index is 10.4. The molecule has 5 nitrogen and oxygen atoms in total. The summed E-state index contributed by atoms with van der Waals surface area (Å²) in [7, 11) is 0. The molecule has 1 aromatic rings. The lowest BCUT2D eigenvalue weighted by Gasteiger charge is -1.97. The lowest BCUT2D eigenvalue weighted by molar-refractivity contribution is -0.385. The Bertz CT molecular complexity index is 386. The minimum absolute atomic E-state index is 0.0431. The quantitative estimate of drug-likeness (QED) is 0.411. The highest BCUT2D eigenvalue weighted by Crippen LogP contribution is 2.20. The third-order valence-corrected chi connectivity index (χ3v) is 1.61. The Labute approximate surface area is 78.7 Å². The molecule has 0 spiro atoms. The van der Waals surface area contributed by atoms with Crippen molar-refractivity contribution < 1.29 is 4.92 Å². The number of pyridine rings is 1. The number of halogens is 1. The van der Waals surface area contributed by atoms with Crippen LogP contribution in [-0.4, -0.2) is 9.91 Å². The summed E-state index contributed by atoms with van der Waals surface area (Å²) >= 11 is 5.51. The fraction of sp³-hybridized carbons (Fsp3) is 0.143.